The van der Waals surface area contributed by atoms with Crippen LogP contribution in [-0.2, 0) is 9.53 Å². The summed E-state index contributed by atoms with van der Waals surface area (Å²) in [4.78, 5) is 13.4. The van der Waals surface area contributed by atoms with Crippen molar-refractivity contribution in [2.45, 2.75) is 39.2 Å². The summed E-state index contributed by atoms with van der Waals surface area (Å²) < 4.78 is 5.32. The number of ether oxygens (including phenoxy) is 1. The first-order chi connectivity index (χ1) is 7.70. The zero-order valence-corrected chi connectivity index (χ0v) is 10.3. The van der Waals surface area contributed by atoms with Gasteiger partial charge in [-0.1, -0.05) is 20.3 Å². The lowest BCUT2D eigenvalue weighted by Gasteiger charge is -2.29. The Bertz CT molecular complexity index is 220. The number of aliphatic carboxylic acids is 1. The molecule has 1 rings (SSSR count). The van der Waals surface area contributed by atoms with Crippen LogP contribution in [0, 0.1) is 5.92 Å². The summed E-state index contributed by atoms with van der Waals surface area (Å²) in [5.41, 5.74) is 0. The van der Waals surface area contributed by atoms with E-state index in [1.165, 1.54) is 0 Å². The molecule has 0 amide bonds. The van der Waals surface area contributed by atoms with Crippen LogP contribution >= 0.6 is 0 Å². The van der Waals surface area contributed by atoms with Gasteiger partial charge in [0.2, 0.25) is 0 Å². The molecule has 94 valence electrons. The largest absolute Gasteiger partial charge is 0.481 e. The lowest BCUT2D eigenvalue weighted by atomic mass is 10.0. The van der Waals surface area contributed by atoms with Gasteiger partial charge in [0.25, 0.3) is 0 Å². The Kier molecular flexibility index (Phi) is 5.77. The minimum absolute atomic E-state index is 0.0731. The minimum atomic E-state index is -0.722. The molecule has 0 radical (unpaired) electrons. The summed E-state index contributed by atoms with van der Waals surface area (Å²) in [7, 11) is 0. The molecule has 2 unspecified atom stereocenters. The number of nitrogens with zero attached hydrogens (tertiary/aromatic N) is 1. The monoisotopic (exact) mass is 229 g/mol. The fourth-order valence-electron chi connectivity index (χ4n) is 2.23. The minimum Gasteiger partial charge on any atom is -0.481 e. The molecule has 0 aromatic carbocycles. The third kappa shape index (κ3) is 3.46. The molecule has 0 saturated carbocycles. The van der Waals surface area contributed by atoms with Crippen LogP contribution in [0.15, 0.2) is 0 Å². The number of hydrogen-bond acceptors (Lipinski definition) is 3. The molecule has 1 aliphatic heterocycles. The predicted molar refractivity (Wildman–Crippen MR) is 62.5 cm³/mol. The molecule has 2 atom stereocenters. The highest BCUT2D eigenvalue weighted by atomic mass is 16.5. The Morgan fingerprint density at radius 2 is 2.06 bits per heavy atom. The van der Waals surface area contributed by atoms with Gasteiger partial charge in [-0.2, -0.15) is 0 Å². The highest BCUT2D eigenvalue weighted by Crippen LogP contribution is 2.20. The second-order valence-corrected chi connectivity index (χ2v) is 4.44. The maximum absolute atomic E-state index is 11.1. The summed E-state index contributed by atoms with van der Waals surface area (Å²) >= 11 is 0. The van der Waals surface area contributed by atoms with Gasteiger partial charge in [-0.05, 0) is 25.9 Å². The summed E-state index contributed by atoms with van der Waals surface area (Å²) in [5.74, 6) is -1.07. The van der Waals surface area contributed by atoms with Crippen LogP contribution in [0.5, 0.6) is 0 Å². The van der Waals surface area contributed by atoms with Crippen molar-refractivity contribution in [3.8, 4) is 0 Å². The molecule has 0 spiro atoms. The Morgan fingerprint density at radius 1 is 1.31 bits per heavy atom. The first kappa shape index (κ1) is 13.5. The van der Waals surface area contributed by atoms with E-state index in [2.05, 4.69) is 18.7 Å². The van der Waals surface area contributed by atoms with Gasteiger partial charge in [-0.25, -0.2) is 0 Å². The molecule has 4 heteroatoms. The van der Waals surface area contributed by atoms with E-state index in [9.17, 15) is 4.79 Å². The molecule has 0 aliphatic carbocycles. The number of carboxylic acids is 1. The molecule has 0 aromatic rings. The van der Waals surface area contributed by atoms with Crippen molar-refractivity contribution in [3.05, 3.63) is 0 Å². The Labute approximate surface area is 97.6 Å². The highest BCUT2D eigenvalue weighted by Gasteiger charge is 2.37. The first-order valence-corrected chi connectivity index (χ1v) is 6.25. The molecule has 1 N–H and O–H groups in total. The van der Waals surface area contributed by atoms with Gasteiger partial charge >= 0.3 is 5.97 Å². The average Bonchev–Trinajstić information content (AvgIpc) is 2.73. The zero-order chi connectivity index (χ0) is 12.0. The van der Waals surface area contributed by atoms with Gasteiger partial charge in [0.15, 0.2) is 0 Å². The third-order valence-corrected chi connectivity index (χ3v) is 3.15. The summed E-state index contributed by atoms with van der Waals surface area (Å²) in [6.07, 6.45) is 3.33. The number of carboxylic acid groups (broad SMARTS) is 1. The quantitative estimate of drug-likeness (QED) is 0.720. The number of rotatable bonds is 7. The van der Waals surface area contributed by atoms with E-state index in [1.807, 2.05) is 0 Å². The SMILES string of the molecule is CCCCN(CCC)C1COCC1C(=O)O. The maximum atomic E-state index is 11.1. The van der Waals surface area contributed by atoms with E-state index in [4.69, 9.17) is 9.84 Å². The van der Waals surface area contributed by atoms with E-state index in [0.717, 1.165) is 32.4 Å². The van der Waals surface area contributed by atoms with Gasteiger partial charge in [-0.15, -0.1) is 0 Å². The summed E-state index contributed by atoms with van der Waals surface area (Å²) in [6, 6.07) is 0.0731. The summed E-state index contributed by atoms with van der Waals surface area (Å²) in [5, 5.41) is 9.12. The van der Waals surface area contributed by atoms with E-state index < -0.39 is 5.97 Å². The Hall–Kier alpha value is -0.610. The maximum Gasteiger partial charge on any atom is 0.310 e. The standard InChI is InChI=1S/C12H23NO3/c1-3-5-7-13(6-4-2)11-9-16-8-10(11)12(14)15/h10-11H,3-9H2,1-2H3,(H,14,15). The molecule has 16 heavy (non-hydrogen) atoms. The second kappa shape index (κ2) is 6.86. The van der Waals surface area contributed by atoms with Crippen molar-refractivity contribution in [3.63, 3.8) is 0 Å². The fraction of sp³-hybridized carbons (Fsp3) is 0.917. The van der Waals surface area contributed by atoms with Crippen molar-refractivity contribution in [1.82, 2.24) is 4.90 Å². The van der Waals surface area contributed by atoms with Crippen molar-refractivity contribution in [2.75, 3.05) is 26.3 Å². The molecule has 1 fully saturated rings. The molecule has 0 aromatic heterocycles. The predicted octanol–water partition coefficient (Wildman–Crippen LogP) is 1.60. The van der Waals surface area contributed by atoms with Crippen LogP contribution in [0.25, 0.3) is 0 Å². The molecule has 1 heterocycles. The van der Waals surface area contributed by atoms with Crippen LogP contribution in [0.4, 0.5) is 0 Å². The third-order valence-electron chi connectivity index (χ3n) is 3.15. The Morgan fingerprint density at radius 3 is 2.62 bits per heavy atom. The van der Waals surface area contributed by atoms with E-state index in [-0.39, 0.29) is 12.0 Å². The summed E-state index contributed by atoms with van der Waals surface area (Å²) in [6.45, 7) is 7.18. The second-order valence-electron chi connectivity index (χ2n) is 4.44. The van der Waals surface area contributed by atoms with Crippen molar-refractivity contribution >= 4 is 5.97 Å². The lowest BCUT2D eigenvalue weighted by Crippen LogP contribution is -2.44. The van der Waals surface area contributed by atoms with Gasteiger partial charge in [-0.3, -0.25) is 9.69 Å². The lowest BCUT2D eigenvalue weighted by molar-refractivity contribution is -0.143. The van der Waals surface area contributed by atoms with Crippen molar-refractivity contribution in [2.24, 2.45) is 5.92 Å². The highest BCUT2D eigenvalue weighted by molar-refractivity contribution is 5.71. The molecule has 0 bridgehead atoms. The molecule has 4 nitrogen and oxygen atoms in total. The molecular formula is C12H23NO3. The van der Waals surface area contributed by atoms with Crippen molar-refractivity contribution < 1.29 is 14.6 Å². The number of hydrogen-bond donors (Lipinski definition) is 1. The smallest absolute Gasteiger partial charge is 0.310 e. The van der Waals surface area contributed by atoms with E-state index in [1.54, 1.807) is 0 Å². The zero-order valence-electron chi connectivity index (χ0n) is 10.3. The van der Waals surface area contributed by atoms with Gasteiger partial charge < -0.3 is 9.84 Å². The number of unbranched alkanes of at least 4 members (excludes halogenated alkanes) is 1. The van der Waals surface area contributed by atoms with Gasteiger partial charge in [0.1, 0.15) is 0 Å². The van der Waals surface area contributed by atoms with E-state index >= 15 is 0 Å². The average molecular weight is 229 g/mol. The fourth-order valence-corrected chi connectivity index (χ4v) is 2.23. The topological polar surface area (TPSA) is 49.8 Å². The van der Waals surface area contributed by atoms with Crippen LogP contribution in [0.3, 0.4) is 0 Å². The van der Waals surface area contributed by atoms with Crippen LogP contribution in [-0.4, -0.2) is 48.3 Å². The molecule has 1 saturated heterocycles. The van der Waals surface area contributed by atoms with Crippen LogP contribution < -0.4 is 0 Å². The first-order valence-electron chi connectivity index (χ1n) is 6.25. The Balaban J connectivity index is 2.57. The molecular weight excluding hydrogens is 206 g/mol. The van der Waals surface area contributed by atoms with Crippen molar-refractivity contribution in [1.29, 1.82) is 0 Å². The molecule has 1 aliphatic rings. The van der Waals surface area contributed by atoms with Gasteiger partial charge in [0.05, 0.1) is 19.1 Å². The van der Waals surface area contributed by atoms with Crippen LogP contribution in [0.1, 0.15) is 33.1 Å². The van der Waals surface area contributed by atoms with E-state index in [0.29, 0.717) is 13.2 Å². The number of carbonyl (C=O) groups is 1. The van der Waals surface area contributed by atoms with Crippen LogP contribution in [0.2, 0.25) is 0 Å². The van der Waals surface area contributed by atoms with Gasteiger partial charge in [0, 0.05) is 6.04 Å². The normalized spacial score (nSPS) is 25.2.